The number of hydrogen-bond donors (Lipinski definition) is 0. The van der Waals surface area contributed by atoms with Gasteiger partial charge in [-0.1, -0.05) is 24.3 Å². The largest absolute Gasteiger partial charge is 0.424 e. The molecule has 0 N–H and O–H groups in total. The third-order valence-corrected chi connectivity index (χ3v) is 4.04. The maximum absolute atomic E-state index is 5.60. The first-order valence-corrected chi connectivity index (χ1v) is 7.65. The lowest BCUT2D eigenvalue weighted by Crippen LogP contribution is -1.91. The topological polar surface area (TPSA) is 47.9 Å². The number of ether oxygens (including phenoxy) is 1. The van der Waals surface area contributed by atoms with Crippen LogP contribution in [0, 0.1) is 0 Å². The fraction of sp³-hybridized carbons (Fsp3) is 0. The van der Waals surface area contributed by atoms with Gasteiger partial charge in [-0.3, -0.25) is 0 Å². The molecule has 106 valence electrons. The molecule has 4 nitrogen and oxygen atoms in total. The molecule has 5 heteroatoms. The monoisotopic (exact) mass is 305 g/mol. The van der Waals surface area contributed by atoms with Crippen LogP contribution in [0.1, 0.15) is 0 Å². The summed E-state index contributed by atoms with van der Waals surface area (Å²) in [5.74, 6) is 0.723. The van der Waals surface area contributed by atoms with Crippen molar-refractivity contribution >= 4 is 21.6 Å². The van der Waals surface area contributed by atoms with Crippen LogP contribution in [-0.4, -0.2) is 15.0 Å². The summed E-state index contributed by atoms with van der Waals surface area (Å²) in [5.41, 5.74) is 4.89. The lowest BCUT2D eigenvalue weighted by molar-refractivity contribution is 0.442. The number of aromatic nitrogens is 3. The molecule has 0 aliphatic rings. The lowest BCUT2D eigenvalue weighted by atomic mass is 10.1. The molecule has 0 saturated carbocycles. The SMILES string of the molecule is c1ccc(Oc2ncc(-c3ccc4ncsc4c3)cn2)cc1. The molecule has 0 amide bonds. The number of nitrogens with zero attached hydrogens (tertiary/aromatic N) is 3. The zero-order valence-electron chi connectivity index (χ0n) is 11.5. The Morgan fingerprint density at radius 3 is 2.45 bits per heavy atom. The first-order valence-electron chi connectivity index (χ1n) is 6.77. The van der Waals surface area contributed by atoms with Crippen LogP contribution in [-0.2, 0) is 0 Å². The van der Waals surface area contributed by atoms with Crippen LogP contribution >= 0.6 is 11.3 Å². The number of fused-ring (bicyclic) bond motifs is 1. The summed E-state index contributed by atoms with van der Waals surface area (Å²) in [7, 11) is 0. The second-order valence-electron chi connectivity index (χ2n) is 4.70. The van der Waals surface area contributed by atoms with Gasteiger partial charge in [-0.05, 0) is 29.8 Å². The van der Waals surface area contributed by atoms with Crippen LogP contribution in [0.3, 0.4) is 0 Å². The summed E-state index contributed by atoms with van der Waals surface area (Å²) in [6.07, 6.45) is 3.54. The maximum Gasteiger partial charge on any atom is 0.321 e. The minimum Gasteiger partial charge on any atom is -0.424 e. The van der Waals surface area contributed by atoms with Gasteiger partial charge in [-0.15, -0.1) is 11.3 Å². The average molecular weight is 305 g/mol. The fourth-order valence-electron chi connectivity index (χ4n) is 2.15. The smallest absolute Gasteiger partial charge is 0.321 e. The van der Waals surface area contributed by atoms with E-state index in [1.54, 1.807) is 23.7 Å². The van der Waals surface area contributed by atoms with Gasteiger partial charge in [0.05, 0.1) is 15.7 Å². The summed E-state index contributed by atoms with van der Waals surface area (Å²) in [4.78, 5) is 12.8. The molecule has 0 spiro atoms. The predicted octanol–water partition coefficient (Wildman–Crippen LogP) is 4.55. The molecule has 2 heterocycles. The third kappa shape index (κ3) is 2.54. The normalized spacial score (nSPS) is 10.7. The molecule has 0 aliphatic carbocycles. The Labute approximate surface area is 131 Å². The molecule has 0 bridgehead atoms. The standard InChI is InChI=1S/C17H11N3OS/c1-2-4-14(5-3-1)21-17-18-9-13(10-19-17)12-6-7-15-16(8-12)22-11-20-15/h1-11H. The van der Waals surface area contributed by atoms with E-state index in [0.29, 0.717) is 6.01 Å². The third-order valence-electron chi connectivity index (χ3n) is 3.25. The molecule has 0 atom stereocenters. The van der Waals surface area contributed by atoms with Crippen molar-refractivity contribution in [2.45, 2.75) is 0 Å². The zero-order chi connectivity index (χ0) is 14.8. The second kappa shape index (κ2) is 5.54. The van der Waals surface area contributed by atoms with E-state index in [1.807, 2.05) is 48.0 Å². The van der Waals surface area contributed by atoms with Crippen molar-refractivity contribution in [3.63, 3.8) is 0 Å². The van der Waals surface area contributed by atoms with Gasteiger partial charge in [-0.2, -0.15) is 0 Å². The highest BCUT2D eigenvalue weighted by atomic mass is 32.1. The summed E-state index contributed by atoms with van der Waals surface area (Å²) in [5, 5.41) is 0. The lowest BCUT2D eigenvalue weighted by Gasteiger charge is -2.04. The maximum atomic E-state index is 5.60. The summed E-state index contributed by atoms with van der Waals surface area (Å²) in [6.45, 7) is 0. The van der Waals surface area contributed by atoms with Crippen molar-refractivity contribution in [1.29, 1.82) is 0 Å². The quantitative estimate of drug-likeness (QED) is 0.557. The molecule has 0 aliphatic heterocycles. The van der Waals surface area contributed by atoms with E-state index in [-0.39, 0.29) is 0 Å². The molecule has 0 fully saturated rings. The molecule has 2 aromatic carbocycles. The molecule has 0 radical (unpaired) electrons. The first-order chi connectivity index (χ1) is 10.9. The molecular weight excluding hydrogens is 294 g/mol. The van der Waals surface area contributed by atoms with Crippen molar-refractivity contribution < 1.29 is 4.74 Å². The average Bonchev–Trinajstić information content (AvgIpc) is 3.04. The molecule has 0 unspecified atom stereocenters. The minimum absolute atomic E-state index is 0.341. The van der Waals surface area contributed by atoms with E-state index in [1.165, 1.54) is 0 Å². The Morgan fingerprint density at radius 2 is 1.64 bits per heavy atom. The van der Waals surface area contributed by atoms with E-state index in [4.69, 9.17) is 4.74 Å². The van der Waals surface area contributed by atoms with Crippen LogP contribution in [0.2, 0.25) is 0 Å². The van der Waals surface area contributed by atoms with Crippen LogP contribution in [0.5, 0.6) is 11.8 Å². The minimum atomic E-state index is 0.341. The Morgan fingerprint density at radius 1 is 0.818 bits per heavy atom. The number of benzene rings is 2. The van der Waals surface area contributed by atoms with Crippen molar-refractivity contribution in [2.24, 2.45) is 0 Å². The molecule has 0 saturated heterocycles. The summed E-state index contributed by atoms with van der Waals surface area (Å²) in [6, 6.07) is 16.0. The van der Waals surface area contributed by atoms with Crippen LogP contribution in [0.25, 0.3) is 21.3 Å². The van der Waals surface area contributed by atoms with Gasteiger partial charge in [0.15, 0.2) is 0 Å². The van der Waals surface area contributed by atoms with Crippen LogP contribution in [0.15, 0.2) is 66.4 Å². The van der Waals surface area contributed by atoms with Gasteiger partial charge < -0.3 is 4.74 Å². The van der Waals surface area contributed by atoms with Gasteiger partial charge in [0.1, 0.15) is 5.75 Å². The van der Waals surface area contributed by atoms with Gasteiger partial charge in [0.25, 0.3) is 0 Å². The molecule has 2 aromatic heterocycles. The van der Waals surface area contributed by atoms with Crippen molar-refractivity contribution in [1.82, 2.24) is 15.0 Å². The molecule has 22 heavy (non-hydrogen) atoms. The second-order valence-corrected chi connectivity index (χ2v) is 5.59. The van der Waals surface area contributed by atoms with E-state index >= 15 is 0 Å². The highest BCUT2D eigenvalue weighted by Gasteiger charge is 2.04. The van der Waals surface area contributed by atoms with Crippen LogP contribution in [0.4, 0.5) is 0 Å². The van der Waals surface area contributed by atoms with Gasteiger partial charge in [0.2, 0.25) is 0 Å². The Bertz CT molecular complexity index is 904. The predicted molar refractivity (Wildman–Crippen MR) is 87.2 cm³/mol. The van der Waals surface area contributed by atoms with E-state index < -0.39 is 0 Å². The number of para-hydroxylation sites is 1. The van der Waals surface area contributed by atoms with Gasteiger partial charge in [0, 0.05) is 18.0 Å². The fourth-order valence-corrected chi connectivity index (χ4v) is 2.86. The van der Waals surface area contributed by atoms with E-state index in [0.717, 1.165) is 27.1 Å². The summed E-state index contributed by atoms with van der Waals surface area (Å²) < 4.78 is 6.75. The van der Waals surface area contributed by atoms with E-state index in [9.17, 15) is 0 Å². The first kappa shape index (κ1) is 12.9. The highest BCUT2D eigenvalue weighted by molar-refractivity contribution is 7.16. The zero-order valence-corrected chi connectivity index (χ0v) is 12.3. The molecular formula is C17H11N3OS. The van der Waals surface area contributed by atoms with Crippen LogP contribution < -0.4 is 4.74 Å². The molecule has 4 rings (SSSR count). The van der Waals surface area contributed by atoms with Gasteiger partial charge >= 0.3 is 6.01 Å². The van der Waals surface area contributed by atoms with Crippen molar-refractivity contribution in [2.75, 3.05) is 0 Å². The van der Waals surface area contributed by atoms with Crippen molar-refractivity contribution in [3.8, 4) is 22.9 Å². The number of rotatable bonds is 3. The number of hydrogen-bond acceptors (Lipinski definition) is 5. The number of thiazole rings is 1. The molecule has 4 aromatic rings. The Hall–Kier alpha value is -2.79. The van der Waals surface area contributed by atoms with E-state index in [2.05, 4.69) is 21.0 Å². The van der Waals surface area contributed by atoms with Crippen molar-refractivity contribution in [3.05, 3.63) is 66.4 Å². The van der Waals surface area contributed by atoms with Gasteiger partial charge in [-0.25, -0.2) is 15.0 Å². The Kier molecular flexibility index (Phi) is 3.25. The summed E-state index contributed by atoms with van der Waals surface area (Å²) >= 11 is 1.62. The Balaban J connectivity index is 1.61. The highest BCUT2D eigenvalue weighted by Crippen LogP contribution is 2.26.